The summed E-state index contributed by atoms with van der Waals surface area (Å²) in [4.78, 5) is 4.28. The number of nitrogens with zero attached hydrogens (tertiary/aromatic N) is 2. The molecule has 2 aromatic rings. The molecular weight excluding hydrogens is 214 g/mol. The maximum absolute atomic E-state index is 5.23. The van der Waals surface area contributed by atoms with Crippen molar-refractivity contribution in [2.24, 2.45) is 0 Å². The van der Waals surface area contributed by atoms with Crippen LogP contribution >= 0.6 is 0 Å². The lowest BCUT2D eigenvalue weighted by molar-refractivity contribution is 0.412. The molecule has 0 fully saturated rings. The molecule has 0 aliphatic rings. The molecule has 0 aliphatic carbocycles. The molecule has 0 atom stereocenters. The lowest BCUT2D eigenvalue weighted by atomic mass is 10.2. The zero-order valence-electron chi connectivity index (χ0n) is 10.4. The first-order chi connectivity index (χ1) is 8.24. The fraction of sp³-hybridized carbons (Fsp3) is 0.308. The summed E-state index contributed by atoms with van der Waals surface area (Å²) in [6.45, 7) is 5.01. The molecule has 0 amide bonds. The summed E-state index contributed by atoms with van der Waals surface area (Å²) in [5.41, 5.74) is 2.12. The number of ether oxygens (including phenoxy) is 1. The summed E-state index contributed by atoms with van der Waals surface area (Å²) in [5.74, 6) is 1.76. The number of hydrogen-bond donors (Lipinski definition) is 1. The zero-order valence-corrected chi connectivity index (χ0v) is 10.4. The Morgan fingerprint density at radius 1 is 1.41 bits per heavy atom. The molecule has 4 heteroatoms. The van der Waals surface area contributed by atoms with Gasteiger partial charge in [0, 0.05) is 24.6 Å². The zero-order chi connectivity index (χ0) is 12.3. The van der Waals surface area contributed by atoms with Crippen molar-refractivity contribution < 1.29 is 4.74 Å². The first-order valence-electron chi connectivity index (χ1n) is 5.67. The monoisotopic (exact) mass is 231 g/mol. The molecule has 90 valence electrons. The number of rotatable bonds is 4. The third-order valence-corrected chi connectivity index (χ3v) is 2.71. The normalized spacial score (nSPS) is 10.3. The van der Waals surface area contributed by atoms with Gasteiger partial charge >= 0.3 is 0 Å². The van der Waals surface area contributed by atoms with Crippen molar-refractivity contribution >= 4 is 11.6 Å². The molecule has 1 N–H and O–H groups in total. The van der Waals surface area contributed by atoms with Crippen LogP contribution in [0.1, 0.15) is 12.5 Å². The van der Waals surface area contributed by atoms with Crippen molar-refractivity contribution in [3.63, 3.8) is 0 Å². The van der Waals surface area contributed by atoms with Crippen LogP contribution in [0.5, 0.6) is 5.75 Å². The van der Waals surface area contributed by atoms with Crippen LogP contribution in [0.2, 0.25) is 0 Å². The van der Waals surface area contributed by atoms with Crippen LogP contribution in [0.25, 0.3) is 0 Å². The van der Waals surface area contributed by atoms with Crippen LogP contribution in [0.4, 0.5) is 11.6 Å². The fourth-order valence-corrected chi connectivity index (χ4v) is 1.77. The molecule has 0 aliphatic heterocycles. The third kappa shape index (κ3) is 2.41. The average Bonchev–Trinajstić information content (AvgIpc) is 2.76. The predicted molar refractivity (Wildman–Crippen MR) is 68.9 cm³/mol. The molecule has 2 rings (SSSR count). The highest BCUT2D eigenvalue weighted by atomic mass is 16.5. The standard InChI is InChI=1S/C13H17N3O/c1-4-16-8-7-14-13(16)15-11-5-6-12(17-3)10(2)9-11/h5-9H,4H2,1-3H3,(H,14,15). The van der Waals surface area contributed by atoms with Gasteiger partial charge in [-0.2, -0.15) is 0 Å². The Kier molecular flexibility index (Phi) is 3.32. The molecular formula is C13H17N3O. The Labute approximate surface area is 101 Å². The lowest BCUT2D eigenvalue weighted by Crippen LogP contribution is -2.01. The van der Waals surface area contributed by atoms with Crippen molar-refractivity contribution in [2.45, 2.75) is 20.4 Å². The maximum atomic E-state index is 5.23. The minimum atomic E-state index is 0.858. The fourth-order valence-electron chi connectivity index (χ4n) is 1.77. The highest BCUT2D eigenvalue weighted by molar-refractivity contribution is 5.57. The van der Waals surface area contributed by atoms with Gasteiger partial charge in [0.2, 0.25) is 5.95 Å². The van der Waals surface area contributed by atoms with E-state index in [0.717, 1.165) is 29.5 Å². The number of aromatic nitrogens is 2. The van der Waals surface area contributed by atoms with Crippen LogP contribution in [-0.4, -0.2) is 16.7 Å². The van der Waals surface area contributed by atoms with Gasteiger partial charge in [-0.15, -0.1) is 0 Å². The Bertz CT molecular complexity index is 505. The molecule has 0 bridgehead atoms. The number of aryl methyl sites for hydroxylation is 2. The molecule has 1 aromatic carbocycles. The van der Waals surface area contributed by atoms with E-state index in [1.807, 2.05) is 31.3 Å². The average molecular weight is 231 g/mol. The van der Waals surface area contributed by atoms with E-state index in [1.54, 1.807) is 13.3 Å². The topological polar surface area (TPSA) is 39.1 Å². The van der Waals surface area contributed by atoms with E-state index in [-0.39, 0.29) is 0 Å². The maximum Gasteiger partial charge on any atom is 0.207 e. The Morgan fingerprint density at radius 2 is 2.24 bits per heavy atom. The summed E-state index contributed by atoms with van der Waals surface area (Å²) in [6.07, 6.45) is 3.75. The third-order valence-electron chi connectivity index (χ3n) is 2.71. The first-order valence-corrected chi connectivity index (χ1v) is 5.67. The van der Waals surface area contributed by atoms with Gasteiger partial charge in [-0.1, -0.05) is 0 Å². The Balaban J connectivity index is 2.22. The molecule has 4 nitrogen and oxygen atoms in total. The lowest BCUT2D eigenvalue weighted by Gasteiger charge is -2.10. The van der Waals surface area contributed by atoms with Gasteiger partial charge in [-0.25, -0.2) is 4.98 Å². The summed E-state index contributed by atoms with van der Waals surface area (Å²) in [7, 11) is 1.68. The molecule has 0 unspecified atom stereocenters. The van der Waals surface area contributed by atoms with E-state index < -0.39 is 0 Å². The van der Waals surface area contributed by atoms with E-state index in [1.165, 1.54) is 0 Å². The van der Waals surface area contributed by atoms with Gasteiger partial charge in [0.05, 0.1) is 7.11 Å². The largest absolute Gasteiger partial charge is 0.496 e. The second kappa shape index (κ2) is 4.91. The number of imidazole rings is 1. The van der Waals surface area contributed by atoms with E-state index >= 15 is 0 Å². The summed E-state index contributed by atoms with van der Waals surface area (Å²) < 4.78 is 7.29. The van der Waals surface area contributed by atoms with Crippen LogP contribution < -0.4 is 10.1 Å². The van der Waals surface area contributed by atoms with Gasteiger partial charge in [-0.05, 0) is 37.6 Å². The second-order valence-corrected chi connectivity index (χ2v) is 3.85. The van der Waals surface area contributed by atoms with Crippen molar-refractivity contribution in [2.75, 3.05) is 12.4 Å². The Hall–Kier alpha value is -1.97. The number of anilines is 2. The second-order valence-electron chi connectivity index (χ2n) is 3.85. The highest BCUT2D eigenvalue weighted by Crippen LogP contribution is 2.23. The molecule has 0 saturated carbocycles. The van der Waals surface area contributed by atoms with Gasteiger partial charge in [-0.3, -0.25) is 0 Å². The van der Waals surface area contributed by atoms with Crippen LogP contribution in [0.3, 0.4) is 0 Å². The van der Waals surface area contributed by atoms with Crippen molar-refractivity contribution in [3.8, 4) is 5.75 Å². The smallest absolute Gasteiger partial charge is 0.207 e. The number of nitrogens with one attached hydrogen (secondary N) is 1. The summed E-state index contributed by atoms with van der Waals surface area (Å²) in [5, 5.41) is 3.29. The highest BCUT2D eigenvalue weighted by Gasteiger charge is 2.03. The van der Waals surface area contributed by atoms with Crippen LogP contribution in [0, 0.1) is 6.92 Å². The quantitative estimate of drug-likeness (QED) is 0.879. The molecule has 1 heterocycles. The van der Waals surface area contributed by atoms with Gasteiger partial charge in [0.25, 0.3) is 0 Å². The SMILES string of the molecule is CCn1ccnc1Nc1ccc(OC)c(C)c1. The number of methoxy groups -OCH3 is 1. The number of hydrogen-bond acceptors (Lipinski definition) is 3. The predicted octanol–water partition coefficient (Wildman–Crippen LogP) is 2.96. The minimum Gasteiger partial charge on any atom is -0.496 e. The Morgan fingerprint density at radius 3 is 2.88 bits per heavy atom. The molecule has 17 heavy (non-hydrogen) atoms. The number of benzene rings is 1. The molecule has 0 spiro atoms. The van der Waals surface area contributed by atoms with E-state index in [0.29, 0.717) is 0 Å². The van der Waals surface area contributed by atoms with E-state index in [2.05, 4.69) is 21.8 Å². The van der Waals surface area contributed by atoms with E-state index in [9.17, 15) is 0 Å². The first kappa shape index (κ1) is 11.5. The summed E-state index contributed by atoms with van der Waals surface area (Å²) in [6, 6.07) is 5.99. The van der Waals surface area contributed by atoms with Crippen molar-refractivity contribution in [1.82, 2.24) is 9.55 Å². The van der Waals surface area contributed by atoms with Crippen molar-refractivity contribution in [3.05, 3.63) is 36.2 Å². The van der Waals surface area contributed by atoms with Crippen molar-refractivity contribution in [1.29, 1.82) is 0 Å². The van der Waals surface area contributed by atoms with Gasteiger partial charge < -0.3 is 14.6 Å². The van der Waals surface area contributed by atoms with E-state index in [4.69, 9.17) is 4.74 Å². The van der Waals surface area contributed by atoms with Gasteiger partial charge in [0.15, 0.2) is 0 Å². The van der Waals surface area contributed by atoms with Gasteiger partial charge in [0.1, 0.15) is 5.75 Å². The summed E-state index contributed by atoms with van der Waals surface area (Å²) >= 11 is 0. The molecule has 0 saturated heterocycles. The molecule has 1 aromatic heterocycles. The van der Waals surface area contributed by atoms with Crippen LogP contribution in [0.15, 0.2) is 30.6 Å². The minimum absolute atomic E-state index is 0.858. The van der Waals surface area contributed by atoms with Crippen LogP contribution in [-0.2, 0) is 6.54 Å². The molecule has 0 radical (unpaired) electrons.